The number of amides is 1. The molecule has 1 heterocycles. The Morgan fingerprint density at radius 3 is 2.10 bits per heavy atom. The predicted octanol–water partition coefficient (Wildman–Crippen LogP) is 4.64. The number of carbonyl (C=O) groups excluding carboxylic acids is 1. The lowest BCUT2D eigenvalue weighted by Gasteiger charge is -2.39. The van der Waals surface area contributed by atoms with Crippen LogP contribution in [-0.4, -0.2) is 25.7 Å². The lowest BCUT2D eigenvalue weighted by Crippen LogP contribution is -2.50. The maximum atomic E-state index is 13.9. The van der Waals surface area contributed by atoms with E-state index in [1.807, 2.05) is 12.1 Å². The maximum Gasteiger partial charge on any atom is 0.230 e. The molecular formula is C24H27F2NO2. The fourth-order valence-corrected chi connectivity index (χ4v) is 4.98. The summed E-state index contributed by atoms with van der Waals surface area (Å²) in [4.78, 5) is 13.4. The second-order valence-corrected chi connectivity index (χ2v) is 8.39. The van der Waals surface area contributed by atoms with E-state index in [-0.39, 0.29) is 23.0 Å². The lowest BCUT2D eigenvalue weighted by atomic mass is 9.73. The SMILES string of the molecule is O=C(NCC1(c2cccc(F)c2)CCOCC1)C1(c2cccc(F)c2)CCCC1. The first kappa shape index (κ1) is 20.0. The summed E-state index contributed by atoms with van der Waals surface area (Å²) in [6, 6.07) is 13.1. The molecule has 0 unspecified atom stereocenters. The Labute approximate surface area is 170 Å². The fourth-order valence-electron chi connectivity index (χ4n) is 4.98. The molecule has 0 atom stereocenters. The number of ether oxygens (including phenoxy) is 1. The summed E-state index contributed by atoms with van der Waals surface area (Å²) in [6.07, 6.45) is 4.80. The summed E-state index contributed by atoms with van der Waals surface area (Å²) in [5, 5.41) is 3.17. The summed E-state index contributed by atoms with van der Waals surface area (Å²) >= 11 is 0. The number of carbonyl (C=O) groups is 1. The zero-order valence-corrected chi connectivity index (χ0v) is 16.6. The number of nitrogens with one attached hydrogen (secondary N) is 1. The predicted molar refractivity (Wildman–Crippen MR) is 108 cm³/mol. The molecule has 1 aliphatic heterocycles. The largest absolute Gasteiger partial charge is 0.381 e. The summed E-state index contributed by atoms with van der Waals surface area (Å²) in [5.41, 5.74) is 0.611. The van der Waals surface area contributed by atoms with Crippen LogP contribution in [0.15, 0.2) is 48.5 Å². The van der Waals surface area contributed by atoms with Gasteiger partial charge in [0.1, 0.15) is 11.6 Å². The van der Waals surface area contributed by atoms with Crippen LogP contribution in [0.5, 0.6) is 0 Å². The third-order valence-corrected chi connectivity index (χ3v) is 6.74. The van der Waals surface area contributed by atoms with Crippen molar-refractivity contribution in [2.24, 2.45) is 0 Å². The van der Waals surface area contributed by atoms with Crippen molar-refractivity contribution in [3.05, 3.63) is 71.3 Å². The number of halogens is 2. The molecule has 154 valence electrons. The second-order valence-electron chi connectivity index (χ2n) is 8.39. The van der Waals surface area contributed by atoms with Gasteiger partial charge in [-0.1, -0.05) is 37.1 Å². The van der Waals surface area contributed by atoms with Crippen LogP contribution in [0.4, 0.5) is 8.78 Å². The summed E-state index contributed by atoms with van der Waals surface area (Å²) < 4.78 is 33.3. The fraction of sp³-hybridized carbons (Fsp3) is 0.458. The van der Waals surface area contributed by atoms with Crippen LogP contribution >= 0.6 is 0 Å². The van der Waals surface area contributed by atoms with Gasteiger partial charge >= 0.3 is 0 Å². The normalized spacial score (nSPS) is 20.3. The van der Waals surface area contributed by atoms with E-state index in [0.717, 1.165) is 49.7 Å². The van der Waals surface area contributed by atoms with Gasteiger partial charge in [0, 0.05) is 25.2 Å². The molecule has 1 saturated carbocycles. The molecule has 2 fully saturated rings. The molecule has 29 heavy (non-hydrogen) atoms. The average Bonchev–Trinajstić information content (AvgIpc) is 3.24. The molecule has 2 aromatic carbocycles. The Morgan fingerprint density at radius 2 is 1.48 bits per heavy atom. The molecule has 1 aliphatic carbocycles. The van der Waals surface area contributed by atoms with E-state index in [1.54, 1.807) is 18.2 Å². The van der Waals surface area contributed by atoms with Gasteiger partial charge in [-0.2, -0.15) is 0 Å². The zero-order chi connectivity index (χ0) is 20.3. The van der Waals surface area contributed by atoms with Crippen molar-refractivity contribution in [3.63, 3.8) is 0 Å². The van der Waals surface area contributed by atoms with E-state index in [0.29, 0.717) is 19.8 Å². The van der Waals surface area contributed by atoms with Gasteiger partial charge in [0.05, 0.1) is 5.41 Å². The van der Waals surface area contributed by atoms with Crippen LogP contribution < -0.4 is 5.32 Å². The van der Waals surface area contributed by atoms with E-state index in [9.17, 15) is 13.6 Å². The summed E-state index contributed by atoms with van der Waals surface area (Å²) in [5.74, 6) is -0.642. The van der Waals surface area contributed by atoms with Crippen LogP contribution in [0.1, 0.15) is 49.7 Å². The molecule has 4 rings (SSSR count). The molecule has 0 spiro atoms. The number of benzene rings is 2. The van der Waals surface area contributed by atoms with E-state index >= 15 is 0 Å². The first-order chi connectivity index (χ1) is 14.0. The molecule has 1 amide bonds. The van der Waals surface area contributed by atoms with Crippen molar-refractivity contribution in [2.45, 2.75) is 49.4 Å². The Morgan fingerprint density at radius 1 is 0.897 bits per heavy atom. The van der Waals surface area contributed by atoms with Crippen LogP contribution in [0.2, 0.25) is 0 Å². The topological polar surface area (TPSA) is 38.3 Å². The standard InChI is InChI=1S/C24H27F2NO2/c25-20-7-3-5-18(15-20)23(11-13-29-14-12-23)17-27-22(28)24(9-1-2-10-24)19-6-4-8-21(26)16-19/h3-8,15-16H,1-2,9-14,17H2,(H,27,28). The highest BCUT2D eigenvalue weighted by atomic mass is 19.1. The van der Waals surface area contributed by atoms with Crippen molar-refractivity contribution in [2.75, 3.05) is 19.8 Å². The smallest absolute Gasteiger partial charge is 0.230 e. The Bertz CT molecular complexity index is 871. The Kier molecular flexibility index (Phi) is 5.68. The van der Waals surface area contributed by atoms with Gasteiger partial charge in [-0.3, -0.25) is 4.79 Å². The molecule has 2 aliphatic rings. The lowest BCUT2D eigenvalue weighted by molar-refractivity contribution is -0.127. The molecule has 0 radical (unpaired) electrons. The van der Waals surface area contributed by atoms with Gasteiger partial charge in [-0.05, 0) is 61.1 Å². The molecular weight excluding hydrogens is 372 g/mol. The van der Waals surface area contributed by atoms with Crippen molar-refractivity contribution < 1.29 is 18.3 Å². The van der Waals surface area contributed by atoms with E-state index in [4.69, 9.17) is 4.74 Å². The minimum Gasteiger partial charge on any atom is -0.381 e. The monoisotopic (exact) mass is 399 g/mol. The molecule has 0 bridgehead atoms. The van der Waals surface area contributed by atoms with Gasteiger partial charge in [-0.15, -0.1) is 0 Å². The van der Waals surface area contributed by atoms with Crippen LogP contribution in [0.25, 0.3) is 0 Å². The van der Waals surface area contributed by atoms with Gasteiger partial charge in [-0.25, -0.2) is 8.78 Å². The van der Waals surface area contributed by atoms with Crippen LogP contribution in [0, 0.1) is 11.6 Å². The maximum absolute atomic E-state index is 13.9. The molecule has 5 heteroatoms. The van der Waals surface area contributed by atoms with Gasteiger partial charge < -0.3 is 10.1 Å². The molecule has 1 saturated heterocycles. The van der Waals surface area contributed by atoms with Gasteiger partial charge in [0.25, 0.3) is 0 Å². The highest BCUT2D eigenvalue weighted by molar-refractivity contribution is 5.88. The number of hydrogen-bond donors (Lipinski definition) is 1. The molecule has 0 aromatic heterocycles. The minimum atomic E-state index is -0.684. The van der Waals surface area contributed by atoms with Crippen LogP contribution in [-0.2, 0) is 20.4 Å². The third-order valence-electron chi connectivity index (χ3n) is 6.74. The van der Waals surface area contributed by atoms with Crippen LogP contribution in [0.3, 0.4) is 0 Å². The summed E-state index contributed by atoms with van der Waals surface area (Å²) in [7, 11) is 0. The van der Waals surface area contributed by atoms with E-state index < -0.39 is 5.41 Å². The van der Waals surface area contributed by atoms with E-state index in [1.165, 1.54) is 18.2 Å². The Hall–Kier alpha value is -2.27. The number of hydrogen-bond acceptors (Lipinski definition) is 2. The third kappa shape index (κ3) is 3.93. The molecule has 2 aromatic rings. The van der Waals surface area contributed by atoms with Gasteiger partial charge in [0.15, 0.2) is 0 Å². The first-order valence-electron chi connectivity index (χ1n) is 10.4. The van der Waals surface area contributed by atoms with Crippen molar-refractivity contribution in [1.29, 1.82) is 0 Å². The van der Waals surface area contributed by atoms with Gasteiger partial charge in [0.2, 0.25) is 5.91 Å². The second kappa shape index (κ2) is 8.23. The van der Waals surface area contributed by atoms with Crippen molar-refractivity contribution in [1.82, 2.24) is 5.32 Å². The van der Waals surface area contributed by atoms with Crippen molar-refractivity contribution in [3.8, 4) is 0 Å². The average molecular weight is 399 g/mol. The zero-order valence-electron chi connectivity index (χ0n) is 16.6. The quantitative estimate of drug-likeness (QED) is 0.795. The molecule has 3 nitrogen and oxygen atoms in total. The van der Waals surface area contributed by atoms with E-state index in [2.05, 4.69) is 5.32 Å². The minimum absolute atomic E-state index is 0.0529. The highest BCUT2D eigenvalue weighted by Gasteiger charge is 2.44. The summed E-state index contributed by atoms with van der Waals surface area (Å²) in [6.45, 7) is 1.60. The number of rotatable bonds is 5. The Balaban J connectivity index is 1.59. The van der Waals surface area contributed by atoms with Crippen molar-refractivity contribution >= 4 is 5.91 Å². The highest BCUT2D eigenvalue weighted by Crippen LogP contribution is 2.42. The molecule has 1 N–H and O–H groups in total. The first-order valence-corrected chi connectivity index (χ1v) is 10.4.